The third-order valence-corrected chi connectivity index (χ3v) is 11.4. The molecule has 3 aromatic rings. The van der Waals surface area contributed by atoms with Crippen LogP contribution in [0.1, 0.15) is 49.5 Å². The molecular weight excluding hydrogens is 502 g/mol. The first-order valence-corrected chi connectivity index (χ1v) is 15.0. The Morgan fingerprint density at radius 3 is 2.46 bits per heavy atom. The number of hydrogen-bond donors (Lipinski definition) is 2. The van der Waals surface area contributed by atoms with Gasteiger partial charge in [-0.25, -0.2) is 0 Å². The van der Waals surface area contributed by atoms with Gasteiger partial charge in [0.2, 0.25) is 5.91 Å². The van der Waals surface area contributed by atoms with E-state index in [-0.39, 0.29) is 29.0 Å². The molecule has 2 aromatic carbocycles. The summed E-state index contributed by atoms with van der Waals surface area (Å²) in [6, 6.07) is 15.4. The van der Waals surface area contributed by atoms with Crippen molar-refractivity contribution in [2.24, 2.45) is 17.8 Å². The Balaban J connectivity index is 1.34. The van der Waals surface area contributed by atoms with Crippen LogP contribution in [-0.2, 0) is 11.3 Å². The van der Waals surface area contributed by atoms with Gasteiger partial charge in [0.25, 0.3) is 0 Å². The number of benzene rings is 2. The largest absolute Gasteiger partial charge is 0.508 e. The van der Waals surface area contributed by atoms with Crippen molar-refractivity contribution in [1.29, 1.82) is 0 Å². The van der Waals surface area contributed by atoms with E-state index in [0.29, 0.717) is 28.7 Å². The van der Waals surface area contributed by atoms with Crippen molar-refractivity contribution in [3.63, 3.8) is 0 Å². The third kappa shape index (κ3) is 4.38. The summed E-state index contributed by atoms with van der Waals surface area (Å²) in [7, 11) is 0. The number of nitrogens with zero attached hydrogens (tertiary/aromatic N) is 2. The molecule has 194 valence electrons. The van der Waals surface area contributed by atoms with Crippen LogP contribution in [0.15, 0.2) is 58.4 Å². The maximum atomic E-state index is 13.3. The molecule has 8 heteroatoms. The first kappa shape index (κ1) is 24.6. The van der Waals surface area contributed by atoms with Crippen molar-refractivity contribution in [1.82, 2.24) is 4.57 Å². The number of thioether (sulfide) groups is 1. The van der Waals surface area contributed by atoms with Crippen molar-refractivity contribution in [2.75, 3.05) is 23.3 Å². The van der Waals surface area contributed by atoms with E-state index in [2.05, 4.69) is 48.3 Å². The number of thiazole rings is 1. The molecule has 5 atom stereocenters. The lowest BCUT2D eigenvalue weighted by atomic mass is 9.75. The molecule has 1 aliphatic heterocycles. The Morgan fingerprint density at radius 1 is 1.05 bits per heavy atom. The number of phenolic OH excluding ortho intramolecular Hbond substituents is 1. The molecule has 2 bridgehead atoms. The van der Waals surface area contributed by atoms with Crippen LogP contribution in [0.3, 0.4) is 0 Å². The second-order valence-corrected chi connectivity index (χ2v) is 12.6. The van der Waals surface area contributed by atoms with Gasteiger partial charge in [-0.05, 0) is 92.8 Å². The van der Waals surface area contributed by atoms with E-state index in [1.165, 1.54) is 54.0 Å². The van der Waals surface area contributed by atoms with E-state index in [4.69, 9.17) is 0 Å². The number of amides is 1. The number of carbonyl (C=O) groups is 1. The molecule has 2 saturated carbocycles. The summed E-state index contributed by atoms with van der Waals surface area (Å²) >= 11 is 3.18. The predicted octanol–water partition coefficient (Wildman–Crippen LogP) is 5.75. The highest BCUT2D eigenvalue weighted by Gasteiger charge is 2.55. The first-order chi connectivity index (χ1) is 18.0. The van der Waals surface area contributed by atoms with Crippen LogP contribution in [0.5, 0.6) is 5.75 Å². The Labute approximate surface area is 225 Å². The summed E-state index contributed by atoms with van der Waals surface area (Å²) in [6.07, 6.45) is 3.86. The molecule has 0 radical (unpaired) electrons. The quantitative estimate of drug-likeness (QED) is 0.377. The number of anilines is 2. The van der Waals surface area contributed by atoms with Crippen LogP contribution >= 0.6 is 23.1 Å². The SMILES string of the molecule is CCN(CC)c1ccc([C@@H]2c3sc(=O)n(CC(=O)Nc4ccc(O)cc4)c3SC3C4CCC(C4)C32)cc1. The smallest absolute Gasteiger partial charge is 0.308 e. The maximum absolute atomic E-state index is 13.3. The molecule has 3 aliphatic rings. The van der Waals surface area contributed by atoms with Gasteiger partial charge in [0.15, 0.2) is 0 Å². The van der Waals surface area contributed by atoms with Crippen molar-refractivity contribution >= 4 is 40.4 Å². The van der Waals surface area contributed by atoms with Crippen LogP contribution in [-0.4, -0.2) is 33.9 Å². The Morgan fingerprint density at radius 2 is 1.76 bits per heavy atom. The van der Waals surface area contributed by atoms with Gasteiger partial charge in [-0.1, -0.05) is 23.5 Å². The van der Waals surface area contributed by atoms with E-state index in [1.54, 1.807) is 16.7 Å². The Kier molecular flexibility index (Phi) is 6.57. The average Bonchev–Trinajstić information content (AvgIpc) is 3.60. The monoisotopic (exact) mass is 535 g/mol. The number of rotatable bonds is 7. The molecule has 2 aliphatic carbocycles. The third-order valence-electron chi connectivity index (χ3n) is 8.52. The van der Waals surface area contributed by atoms with Gasteiger partial charge >= 0.3 is 4.87 Å². The molecule has 4 unspecified atom stereocenters. The number of fused-ring (bicyclic) bond motifs is 6. The van der Waals surface area contributed by atoms with Gasteiger partial charge in [-0.2, -0.15) is 0 Å². The second-order valence-electron chi connectivity index (χ2n) is 10.5. The molecule has 2 N–H and O–H groups in total. The number of nitrogens with one attached hydrogen (secondary N) is 1. The number of aromatic hydroxyl groups is 1. The highest BCUT2D eigenvalue weighted by molar-refractivity contribution is 8.00. The highest BCUT2D eigenvalue weighted by Crippen LogP contribution is 2.64. The van der Waals surface area contributed by atoms with Crippen molar-refractivity contribution < 1.29 is 9.90 Å². The molecule has 0 saturated heterocycles. The topological polar surface area (TPSA) is 74.6 Å². The molecule has 37 heavy (non-hydrogen) atoms. The summed E-state index contributed by atoms with van der Waals surface area (Å²) < 4.78 is 1.69. The fraction of sp³-hybridized carbons (Fsp3) is 0.448. The highest BCUT2D eigenvalue weighted by atomic mass is 32.2. The number of aromatic nitrogens is 1. The molecular formula is C29H33N3O3S2. The van der Waals surface area contributed by atoms with Gasteiger partial charge in [0, 0.05) is 40.5 Å². The van der Waals surface area contributed by atoms with E-state index in [0.717, 1.165) is 23.0 Å². The van der Waals surface area contributed by atoms with Crippen molar-refractivity contribution in [2.45, 2.75) is 55.8 Å². The molecule has 1 aromatic heterocycles. The second kappa shape index (κ2) is 9.87. The molecule has 6 rings (SSSR count). The fourth-order valence-corrected chi connectivity index (χ4v) is 9.98. The summed E-state index contributed by atoms with van der Waals surface area (Å²) in [5.41, 5.74) is 3.13. The number of carbonyl (C=O) groups excluding carboxylic acids is 1. The summed E-state index contributed by atoms with van der Waals surface area (Å²) in [4.78, 5) is 29.6. The minimum absolute atomic E-state index is 0.00234. The van der Waals surface area contributed by atoms with E-state index in [1.807, 2.05) is 11.8 Å². The Bertz CT molecular complexity index is 1340. The maximum Gasteiger partial charge on any atom is 0.308 e. The lowest BCUT2D eigenvalue weighted by Crippen LogP contribution is -2.35. The van der Waals surface area contributed by atoms with Gasteiger partial charge in [0.1, 0.15) is 12.3 Å². The standard InChI is InChI=1S/C29H33N3O3S2/c1-3-31(4-2)21-11-7-17(8-12-21)24-25-18-5-6-19(15-18)26(25)36-28-27(24)37-29(35)32(28)16-23(34)30-20-9-13-22(33)14-10-20/h7-14,18-19,24-26,33H,3-6,15-16H2,1-2H3,(H,30,34)/t18?,19?,24-,25?,26?/m0/s1. The molecule has 1 amide bonds. The van der Waals surface area contributed by atoms with Crippen molar-refractivity contribution in [3.8, 4) is 5.75 Å². The lowest BCUT2D eigenvalue weighted by Gasteiger charge is -2.40. The van der Waals surface area contributed by atoms with Gasteiger partial charge < -0.3 is 15.3 Å². The number of hydrogen-bond acceptors (Lipinski definition) is 6. The lowest BCUT2D eigenvalue weighted by molar-refractivity contribution is -0.116. The van der Waals surface area contributed by atoms with Crippen LogP contribution < -0.4 is 15.1 Å². The minimum atomic E-state index is -0.232. The zero-order valence-electron chi connectivity index (χ0n) is 21.2. The fourth-order valence-electron chi connectivity index (χ4n) is 6.83. The van der Waals surface area contributed by atoms with E-state index < -0.39 is 0 Å². The summed E-state index contributed by atoms with van der Waals surface area (Å²) in [5, 5.41) is 13.9. The molecule has 2 heterocycles. The summed E-state index contributed by atoms with van der Waals surface area (Å²) in [5.74, 6) is 2.08. The predicted molar refractivity (Wildman–Crippen MR) is 151 cm³/mol. The molecule has 6 nitrogen and oxygen atoms in total. The van der Waals surface area contributed by atoms with Crippen LogP contribution in [0, 0.1) is 17.8 Å². The first-order valence-electron chi connectivity index (χ1n) is 13.3. The molecule has 0 spiro atoms. The summed E-state index contributed by atoms with van der Waals surface area (Å²) in [6.45, 7) is 6.31. The van der Waals surface area contributed by atoms with E-state index in [9.17, 15) is 14.7 Å². The zero-order chi connectivity index (χ0) is 25.7. The van der Waals surface area contributed by atoms with Gasteiger partial charge in [0.05, 0.1) is 5.03 Å². The van der Waals surface area contributed by atoms with Gasteiger partial charge in [-0.3, -0.25) is 14.2 Å². The zero-order valence-corrected chi connectivity index (χ0v) is 22.9. The van der Waals surface area contributed by atoms with Crippen LogP contribution in [0.4, 0.5) is 11.4 Å². The van der Waals surface area contributed by atoms with Gasteiger partial charge in [-0.15, -0.1) is 11.8 Å². The van der Waals surface area contributed by atoms with Crippen molar-refractivity contribution in [3.05, 3.63) is 68.6 Å². The van der Waals surface area contributed by atoms with E-state index >= 15 is 0 Å². The Hall–Kier alpha value is -2.71. The average molecular weight is 536 g/mol. The van der Waals surface area contributed by atoms with Crippen LogP contribution in [0.25, 0.3) is 0 Å². The molecule has 2 fully saturated rings. The minimum Gasteiger partial charge on any atom is -0.508 e. The number of phenols is 1. The normalized spacial score (nSPS) is 25.5. The van der Waals surface area contributed by atoms with Crippen LogP contribution in [0.2, 0.25) is 0 Å².